The van der Waals surface area contributed by atoms with E-state index in [1.54, 1.807) is 14.0 Å². The molecule has 1 aromatic carbocycles. The van der Waals surface area contributed by atoms with E-state index >= 15 is 0 Å². The zero-order valence-corrected chi connectivity index (χ0v) is 15.2. The second-order valence-corrected chi connectivity index (χ2v) is 6.30. The number of carbonyl (C=O) groups is 1. The van der Waals surface area contributed by atoms with Crippen LogP contribution in [0.25, 0.3) is 0 Å². The van der Waals surface area contributed by atoms with Gasteiger partial charge in [-0.1, -0.05) is 32.0 Å². The Hall–Kier alpha value is -2.57. The van der Waals surface area contributed by atoms with Gasteiger partial charge in [0.05, 0.1) is 7.11 Å². The van der Waals surface area contributed by atoms with Gasteiger partial charge in [-0.05, 0) is 30.4 Å². The van der Waals surface area contributed by atoms with Crippen LogP contribution in [-0.2, 0) is 6.42 Å². The number of rotatable bonds is 8. The Balaban J connectivity index is 1.88. The van der Waals surface area contributed by atoms with Gasteiger partial charge < -0.3 is 19.8 Å². The summed E-state index contributed by atoms with van der Waals surface area (Å²) in [5.41, 5.74) is 1.05. The average molecular weight is 346 g/mol. The Morgan fingerprint density at radius 1 is 1.28 bits per heavy atom. The maximum atomic E-state index is 12.2. The van der Waals surface area contributed by atoms with Gasteiger partial charge in [-0.3, -0.25) is 0 Å². The Morgan fingerprint density at radius 2 is 2.04 bits per heavy atom. The van der Waals surface area contributed by atoms with Gasteiger partial charge in [0.15, 0.2) is 0 Å². The standard InChI is InChI=1S/C18H26N4O3/c1-12(2)11-15(17-22-21-13(3)25-17)20-18(23)19-10-9-14-7-5-6-8-16(14)24-4/h5-8,12,15H,9-11H2,1-4H3,(H2,19,20,23). The van der Waals surface area contributed by atoms with Crippen molar-refractivity contribution < 1.29 is 13.9 Å². The number of aryl methyl sites for hydroxylation is 1. The highest BCUT2D eigenvalue weighted by Gasteiger charge is 2.21. The summed E-state index contributed by atoms with van der Waals surface area (Å²) in [4.78, 5) is 12.2. The molecule has 0 aliphatic heterocycles. The second-order valence-electron chi connectivity index (χ2n) is 6.30. The molecule has 0 radical (unpaired) electrons. The highest BCUT2D eigenvalue weighted by Crippen LogP contribution is 2.20. The summed E-state index contributed by atoms with van der Waals surface area (Å²) in [6, 6.07) is 7.22. The van der Waals surface area contributed by atoms with Crippen LogP contribution in [0.1, 0.15) is 43.7 Å². The first-order chi connectivity index (χ1) is 12.0. The van der Waals surface area contributed by atoms with Crippen LogP contribution in [0.2, 0.25) is 0 Å². The summed E-state index contributed by atoms with van der Waals surface area (Å²) in [6.45, 7) is 6.40. The number of methoxy groups -OCH3 is 1. The first-order valence-electron chi connectivity index (χ1n) is 8.45. The van der Waals surface area contributed by atoms with Crippen molar-refractivity contribution in [2.24, 2.45) is 5.92 Å². The van der Waals surface area contributed by atoms with Gasteiger partial charge in [-0.25, -0.2) is 4.79 Å². The molecular weight excluding hydrogens is 320 g/mol. The van der Waals surface area contributed by atoms with Crippen LogP contribution < -0.4 is 15.4 Å². The van der Waals surface area contributed by atoms with Gasteiger partial charge >= 0.3 is 6.03 Å². The topological polar surface area (TPSA) is 89.3 Å². The van der Waals surface area contributed by atoms with Gasteiger partial charge in [0, 0.05) is 13.5 Å². The van der Waals surface area contributed by atoms with Gasteiger partial charge in [-0.2, -0.15) is 0 Å². The molecule has 0 spiro atoms. The molecule has 0 saturated carbocycles. The van der Waals surface area contributed by atoms with E-state index in [0.29, 0.717) is 30.7 Å². The zero-order chi connectivity index (χ0) is 18.2. The van der Waals surface area contributed by atoms with Crippen LogP contribution in [0.4, 0.5) is 4.79 Å². The molecule has 0 aliphatic carbocycles. The van der Waals surface area contributed by atoms with Crippen LogP contribution in [0.5, 0.6) is 5.75 Å². The monoisotopic (exact) mass is 346 g/mol. The van der Waals surface area contributed by atoms with Gasteiger partial charge in [0.1, 0.15) is 11.8 Å². The van der Waals surface area contributed by atoms with Gasteiger partial charge in [0.25, 0.3) is 0 Å². The molecule has 2 aromatic rings. The number of benzene rings is 1. The largest absolute Gasteiger partial charge is 0.496 e. The fourth-order valence-corrected chi connectivity index (χ4v) is 2.58. The van der Waals surface area contributed by atoms with Crippen molar-refractivity contribution >= 4 is 6.03 Å². The molecule has 0 aliphatic rings. The summed E-state index contributed by atoms with van der Waals surface area (Å²) < 4.78 is 10.8. The van der Waals surface area contributed by atoms with Gasteiger partial charge in [0.2, 0.25) is 11.8 Å². The number of ether oxygens (including phenoxy) is 1. The van der Waals surface area contributed by atoms with E-state index in [0.717, 1.165) is 17.7 Å². The van der Waals surface area contributed by atoms with Crippen molar-refractivity contribution in [3.05, 3.63) is 41.6 Å². The fourth-order valence-electron chi connectivity index (χ4n) is 2.58. The molecule has 0 bridgehead atoms. The van der Waals surface area contributed by atoms with E-state index < -0.39 is 0 Å². The van der Waals surface area contributed by atoms with Gasteiger partial charge in [-0.15, -0.1) is 10.2 Å². The molecule has 1 atom stereocenters. The number of amides is 2. The number of hydrogen-bond acceptors (Lipinski definition) is 5. The minimum absolute atomic E-state index is 0.253. The first kappa shape index (κ1) is 18.8. The number of nitrogens with zero attached hydrogens (tertiary/aromatic N) is 2. The molecule has 2 N–H and O–H groups in total. The Morgan fingerprint density at radius 3 is 2.68 bits per heavy atom. The highest BCUT2D eigenvalue weighted by molar-refractivity contribution is 5.74. The Bertz CT molecular complexity index is 684. The number of nitrogens with one attached hydrogen (secondary N) is 2. The molecule has 1 aromatic heterocycles. The smallest absolute Gasteiger partial charge is 0.315 e. The SMILES string of the molecule is COc1ccccc1CCNC(=O)NC(CC(C)C)c1nnc(C)o1. The Kier molecular flexibility index (Phi) is 6.80. The van der Waals surface area contributed by atoms with E-state index in [4.69, 9.17) is 9.15 Å². The number of para-hydroxylation sites is 1. The maximum Gasteiger partial charge on any atom is 0.315 e. The third-order valence-electron chi connectivity index (χ3n) is 3.72. The number of hydrogen-bond donors (Lipinski definition) is 2. The molecule has 0 fully saturated rings. The van der Waals surface area contributed by atoms with Crippen molar-refractivity contribution in [1.29, 1.82) is 0 Å². The summed E-state index contributed by atoms with van der Waals surface area (Å²) in [5.74, 6) is 2.13. The van der Waals surface area contributed by atoms with E-state index in [1.165, 1.54) is 0 Å². The maximum absolute atomic E-state index is 12.2. The lowest BCUT2D eigenvalue weighted by atomic mass is 10.0. The summed E-state index contributed by atoms with van der Waals surface area (Å²) >= 11 is 0. The lowest BCUT2D eigenvalue weighted by Gasteiger charge is -2.17. The van der Waals surface area contributed by atoms with E-state index in [-0.39, 0.29) is 12.1 Å². The molecule has 25 heavy (non-hydrogen) atoms. The van der Waals surface area contributed by atoms with Crippen molar-refractivity contribution in [3.8, 4) is 5.75 Å². The predicted octanol–water partition coefficient (Wildman–Crippen LogP) is 3.02. The number of aromatic nitrogens is 2. The molecule has 0 saturated heterocycles. The summed E-state index contributed by atoms with van der Waals surface area (Å²) in [7, 11) is 1.64. The van der Waals surface area contributed by atoms with Crippen LogP contribution in [0, 0.1) is 12.8 Å². The van der Waals surface area contributed by atoms with Crippen LogP contribution >= 0.6 is 0 Å². The van der Waals surface area contributed by atoms with E-state index in [2.05, 4.69) is 34.7 Å². The molecular formula is C18H26N4O3. The average Bonchev–Trinajstić information content (AvgIpc) is 3.01. The molecule has 2 amide bonds. The van der Waals surface area contributed by atoms with E-state index in [9.17, 15) is 4.79 Å². The van der Waals surface area contributed by atoms with Crippen molar-refractivity contribution in [2.45, 2.75) is 39.7 Å². The number of carbonyl (C=O) groups excluding carboxylic acids is 1. The first-order valence-corrected chi connectivity index (χ1v) is 8.45. The van der Waals surface area contributed by atoms with Crippen molar-refractivity contribution in [3.63, 3.8) is 0 Å². The molecule has 136 valence electrons. The number of urea groups is 1. The zero-order valence-electron chi connectivity index (χ0n) is 15.2. The quantitative estimate of drug-likeness (QED) is 0.767. The second kappa shape index (κ2) is 9.05. The third-order valence-corrected chi connectivity index (χ3v) is 3.72. The summed E-state index contributed by atoms with van der Waals surface area (Å²) in [6.07, 6.45) is 1.41. The molecule has 7 heteroatoms. The van der Waals surface area contributed by atoms with Crippen LogP contribution in [0.3, 0.4) is 0 Å². The Labute approximate surface area is 148 Å². The van der Waals surface area contributed by atoms with Crippen molar-refractivity contribution in [2.75, 3.05) is 13.7 Å². The van der Waals surface area contributed by atoms with Crippen LogP contribution in [0.15, 0.2) is 28.7 Å². The fraction of sp³-hybridized carbons (Fsp3) is 0.500. The molecule has 7 nitrogen and oxygen atoms in total. The van der Waals surface area contributed by atoms with E-state index in [1.807, 2.05) is 24.3 Å². The lowest BCUT2D eigenvalue weighted by molar-refractivity contribution is 0.231. The van der Waals surface area contributed by atoms with Crippen molar-refractivity contribution in [1.82, 2.24) is 20.8 Å². The predicted molar refractivity (Wildman–Crippen MR) is 94.5 cm³/mol. The van der Waals surface area contributed by atoms with Crippen LogP contribution in [-0.4, -0.2) is 29.9 Å². The lowest BCUT2D eigenvalue weighted by Crippen LogP contribution is -2.39. The molecule has 2 rings (SSSR count). The molecule has 1 heterocycles. The molecule has 1 unspecified atom stereocenters. The normalized spacial score (nSPS) is 12.0. The minimum atomic E-state index is -0.299. The third kappa shape index (κ3) is 5.77. The minimum Gasteiger partial charge on any atom is -0.496 e. The summed E-state index contributed by atoms with van der Waals surface area (Å²) in [5, 5.41) is 13.7. The highest BCUT2D eigenvalue weighted by atomic mass is 16.5.